The summed E-state index contributed by atoms with van der Waals surface area (Å²) in [6, 6.07) is 12.1. The van der Waals surface area contributed by atoms with E-state index in [0.717, 1.165) is 29.7 Å². The Morgan fingerprint density at radius 1 is 1.16 bits per heavy atom. The molecule has 0 unspecified atom stereocenters. The van der Waals surface area contributed by atoms with Crippen LogP contribution < -0.4 is 10.1 Å². The lowest BCUT2D eigenvalue weighted by Gasteiger charge is -2.24. The molecule has 25 heavy (non-hydrogen) atoms. The number of benzene rings is 2. The van der Waals surface area contributed by atoms with Crippen LogP contribution in [0.3, 0.4) is 0 Å². The van der Waals surface area contributed by atoms with E-state index >= 15 is 0 Å². The predicted molar refractivity (Wildman–Crippen MR) is 84.1 cm³/mol. The lowest BCUT2D eigenvalue weighted by molar-refractivity contribution is -0.274. The molecule has 0 saturated carbocycles. The number of aryl methyl sites for hydroxylation is 1. The van der Waals surface area contributed by atoms with Gasteiger partial charge in [0.05, 0.1) is 6.54 Å². The molecule has 0 aliphatic heterocycles. The number of carbonyl (C=O) groups excluding carboxylic acids is 1. The number of hydrogen-bond donors (Lipinski definition) is 2. The largest absolute Gasteiger partial charge is 0.573 e. The maximum atomic E-state index is 12.2. The number of ether oxygens (including phenoxy) is 1. The first-order valence-electron chi connectivity index (χ1n) is 7.72. The van der Waals surface area contributed by atoms with Crippen LogP contribution in [0.25, 0.3) is 0 Å². The average Bonchev–Trinajstić information content (AvgIpc) is 2.90. The Hall–Kier alpha value is -2.54. The van der Waals surface area contributed by atoms with E-state index in [4.69, 9.17) is 0 Å². The Kier molecular flexibility index (Phi) is 4.43. The van der Waals surface area contributed by atoms with Gasteiger partial charge in [-0.3, -0.25) is 4.79 Å². The fourth-order valence-corrected chi connectivity index (χ4v) is 2.99. The summed E-state index contributed by atoms with van der Waals surface area (Å²) < 4.78 is 40.1. The van der Waals surface area contributed by atoms with Crippen LogP contribution in [0.15, 0.2) is 48.5 Å². The number of rotatable bonds is 4. The molecule has 1 aliphatic carbocycles. The van der Waals surface area contributed by atoms with E-state index in [-0.39, 0.29) is 12.1 Å². The van der Waals surface area contributed by atoms with Gasteiger partial charge in [0, 0.05) is 5.56 Å². The zero-order chi connectivity index (χ0) is 18.1. The molecule has 0 saturated heterocycles. The smallest absolute Gasteiger partial charge is 0.406 e. The van der Waals surface area contributed by atoms with Crippen LogP contribution in [0.5, 0.6) is 5.75 Å². The topological polar surface area (TPSA) is 58.6 Å². The molecule has 1 atom stereocenters. The third kappa shape index (κ3) is 3.93. The van der Waals surface area contributed by atoms with Gasteiger partial charge in [0.1, 0.15) is 11.4 Å². The van der Waals surface area contributed by atoms with Crippen LogP contribution in [0, 0.1) is 0 Å². The van der Waals surface area contributed by atoms with E-state index in [0.29, 0.717) is 6.42 Å². The van der Waals surface area contributed by atoms with Gasteiger partial charge < -0.3 is 15.2 Å². The van der Waals surface area contributed by atoms with Crippen molar-refractivity contribution in [3.05, 3.63) is 65.2 Å². The minimum Gasteiger partial charge on any atom is -0.406 e. The van der Waals surface area contributed by atoms with Gasteiger partial charge in [-0.15, -0.1) is 13.2 Å². The van der Waals surface area contributed by atoms with Crippen molar-refractivity contribution < 1.29 is 27.8 Å². The maximum Gasteiger partial charge on any atom is 0.573 e. The zero-order valence-corrected chi connectivity index (χ0v) is 13.1. The Morgan fingerprint density at radius 2 is 1.84 bits per heavy atom. The first-order chi connectivity index (χ1) is 11.8. The van der Waals surface area contributed by atoms with Crippen molar-refractivity contribution in [3.8, 4) is 5.75 Å². The van der Waals surface area contributed by atoms with Crippen LogP contribution in [0.1, 0.15) is 27.9 Å². The van der Waals surface area contributed by atoms with E-state index in [1.807, 2.05) is 24.3 Å². The Bertz CT molecular complexity index is 774. The van der Waals surface area contributed by atoms with Gasteiger partial charge in [-0.05, 0) is 48.2 Å². The standard InChI is InChI=1S/C18H16F3NO3/c19-18(20,21)25-14-7-5-13(6-8-14)16(23)22-11-17(24)10-9-12-3-1-2-4-15(12)17/h1-8,24H,9-11H2,(H,22,23)/t17-/m0/s1. The van der Waals surface area contributed by atoms with Gasteiger partial charge in [-0.25, -0.2) is 0 Å². The van der Waals surface area contributed by atoms with Gasteiger partial charge in [-0.2, -0.15) is 0 Å². The van der Waals surface area contributed by atoms with Crippen molar-refractivity contribution in [2.24, 2.45) is 0 Å². The Morgan fingerprint density at radius 3 is 2.52 bits per heavy atom. The Balaban J connectivity index is 1.63. The normalized spacial score (nSPS) is 19.4. The molecule has 2 aromatic rings. The quantitative estimate of drug-likeness (QED) is 0.890. The fraction of sp³-hybridized carbons (Fsp3) is 0.278. The molecule has 132 valence electrons. The summed E-state index contributed by atoms with van der Waals surface area (Å²) in [6.07, 6.45) is -3.54. The molecule has 1 aliphatic rings. The molecular weight excluding hydrogens is 335 g/mol. The molecule has 0 aromatic heterocycles. The second kappa shape index (κ2) is 6.40. The summed E-state index contributed by atoms with van der Waals surface area (Å²) >= 11 is 0. The minimum atomic E-state index is -4.77. The van der Waals surface area contributed by atoms with Crippen LogP contribution >= 0.6 is 0 Å². The van der Waals surface area contributed by atoms with Crippen molar-refractivity contribution in [2.75, 3.05) is 6.54 Å². The summed E-state index contributed by atoms with van der Waals surface area (Å²) in [5, 5.41) is 13.4. The van der Waals surface area contributed by atoms with Gasteiger partial charge >= 0.3 is 6.36 Å². The van der Waals surface area contributed by atoms with E-state index < -0.39 is 23.6 Å². The third-order valence-electron chi connectivity index (χ3n) is 4.22. The number of amides is 1. The van der Waals surface area contributed by atoms with E-state index in [1.165, 1.54) is 12.1 Å². The molecular formula is C18H16F3NO3. The molecule has 4 nitrogen and oxygen atoms in total. The van der Waals surface area contributed by atoms with E-state index in [1.54, 1.807) is 0 Å². The molecule has 2 aromatic carbocycles. The SMILES string of the molecule is O=C(NC[C@@]1(O)CCc2ccccc21)c1ccc(OC(F)(F)F)cc1. The van der Waals surface area contributed by atoms with Crippen LogP contribution in [-0.2, 0) is 12.0 Å². The second-order valence-corrected chi connectivity index (χ2v) is 5.94. The molecule has 3 rings (SSSR count). The summed E-state index contributed by atoms with van der Waals surface area (Å²) in [4.78, 5) is 12.2. The molecule has 0 spiro atoms. The third-order valence-corrected chi connectivity index (χ3v) is 4.22. The maximum absolute atomic E-state index is 12.2. The van der Waals surface area contributed by atoms with Gasteiger partial charge in [-0.1, -0.05) is 24.3 Å². The van der Waals surface area contributed by atoms with Crippen LogP contribution in [-0.4, -0.2) is 23.9 Å². The molecule has 0 heterocycles. The van der Waals surface area contributed by atoms with Crippen LogP contribution in [0.2, 0.25) is 0 Å². The monoisotopic (exact) mass is 351 g/mol. The van der Waals surface area contributed by atoms with Crippen molar-refractivity contribution in [3.63, 3.8) is 0 Å². The van der Waals surface area contributed by atoms with Crippen molar-refractivity contribution >= 4 is 5.91 Å². The summed E-state index contributed by atoms with van der Waals surface area (Å²) in [5.41, 5.74) is 0.896. The van der Waals surface area contributed by atoms with Gasteiger partial charge in [0.25, 0.3) is 5.91 Å². The number of alkyl halides is 3. The fourth-order valence-electron chi connectivity index (χ4n) is 2.99. The Labute approximate surface area is 142 Å². The average molecular weight is 351 g/mol. The lowest BCUT2D eigenvalue weighted by atomic mass is 9.96. The first-order valence-corrected chi connectivity index (χ1v) is 7.72. The number of hydrogen-bond acceptors (Lipinski definition) is 3. The highest BCUT2D eigenvalue weighted by Gasteiger charge is 2.36. The lowest BCUT2D eigenvalue weighted by Crippen LogP contribution is -2.39. The molecule has 0 radical (unpaired) electrons. The predicted octanol–water partition coefficient (Wildman–Crippen LogP) is 3.15. The summed E-state index contributed by atoms with van der Waals surface area (Å²) in [7, 11) is 0. The van der Waals surface area contributed by atoms with E-state index in [2.05, 4.69) is 10.1 Å². The first kappa shape index (κ1) is 17.3. The molecule has 0 bridgehead atoms. The van der Waals surface area contributed by atoms with Gasteiger partial charge in [0.2, 0.25) is 0 Å². The highest BCUT2D eigenvalue weighted by molar-refractivity contribution is 5.94. The second-order valence-electron chi connectivity index (χ2n) is 5.94. The highest BCUT2D eigenvalue weighted by Crippen LogP contribution is 2.36. The summed E-state index contributed by atoms with van der Waals surface area (Å²) in [6.45, 7) is 0.0314. The molecule has 1 amide bonds. The van der Waals surface area contributed by atoms with Gasteiger partial charge in [0.15, 0.2) is 0 Å². The number of halogens is 3. The van der Waals surface area contributed by atoms with Crippen molar-refractivity contribution in [1.82, 2.24) is 5.32 Å². The number of aliphatic hydroxyl groups is 1. The van der Waals surface area contributed by atoms with E-state index in [9.17, 15) is 23.1 Å². The van der Waals surface area contributed by atoms with Crippen LogP contribution in [0.4, 0.5) is 13.2 Å². The van der Waals surface area contributed by atoms with Crippen molar-refractivity contribution in [2.45, 2.75) is 24.8 Å². The highest BCUT2D eigenvalue weighted by atomic mass is 19.4. The number of nitrogens with one attached hydrogen (secondary N) is 1. The molecule has 7 heteroatoms. The van der Waals surface area contributed by atoms with Crippen molar-refractivity contribution in [1.29, 1.82) is 0 Å². The molecule has 2 N–H and O–H groups in total. The number of fused-ring (bicyclic) bond motifs is 1. The zero-order valence-electron chi connectivity index (χ0n) is 13.1. The summed E-state index contributed by atoms with van der Waals surface area (Å²) in [5.74, 6) is -0.872. The minimum absolute atomic E-state index is 0.0314. The molecule has 0 fully saturated rings. The number of carbonyl (C=O) groups is 1.